The van der Waals surface area contributed by atoms with Gasteiger partial charge in [-0.25, -0.2) is 0 Å². The summed E-state index contributed by atoms with van der Waals surface area (Å²) in [6.07, 6.45) is 7.59. The summed E-state index contributed by atoms with van der Waals surface area (Å²) in [5, 5.41) is 10.9. The third kappa shape index (κ3) is 2.66. The van der Waals surface area contributed by atoms with E-state index in [-0.39, 0.29) is 11.4 Å². The van der Waals surface area contributed by atoms with Crippen molar-refractivity contribution in [2.75, 3.05) is 13.1 Å². The first-order valence-corrected chi connectivity index (χ1v) is 7.25. The highest BCUT2D eigenvalue weighted by atomic mass is 16.2. The van der Waals surface area contributed by atoms with Crippen LogP contribution >= 0.6 is 0 Å². The van der Waals surface area contributed by atoms with E-state index >= 15 is 0 Å². The molecule has 3 rings (SSSR count). The summed E-state index contributed by atoms with van der Waals surface area (Å²) in [6, 6.07) is 2.21. The van der Waals surface area contributed by atoms with Crippen LogP contribution in [0.25, 0.3) is 0 Å². The zero-order valence-electron chi connectivity index (χ0n) is 11.5. The van der Waals surface area contributed by atoms with Crippen LogP contribution in [-0.2, 0) is 0 Å². The van der Waals surface area contributed by atoms with Crippen molar-refractivity contribution >= 4 is 5.91 Å². The van der Waals surface area contributed by atoms with E-state index in [1.54, 1.807) is 0 Å². The van der Waals surface area contributed by atoms with Gasteiger partial charge in [0.2, 0.25) is 0 Å². The summed E-state index contributed by atoms with van der Waals surface area (Å²) in [5.74, 6) is -0.0373. The number of aromatic nitrogens is 2. The summed E-state index contributed by atoms with van der Waals surface area (Å²) in [7, 11) is 0. The Bertz CT molecular complexity index is 458. The van der Waals surface area contributed by atoms with Gasteiger partial charge in [-0.3, -0.25) is 9.48 Å². The summed E-state index contributed by atoms with van der Waals surface area (Å²) in [4.78, 5) is 12.1. The molecule has 0 radical (unpaired) electrons. The molecule has 5 nitrogen and oxygen atoms in total. The SMILES string of the molecule is CC1(NC(=O)c2ccn(C3CCCNC3)n2)CCC1. The van der Waals surface area contributed by atoms with Gasteiger partial charge in [0.15, 0.2) is 0 Å². The number of hydrogen-bond donors (Lipinski definition) is 2. The van der Waals surface area contributed by atoms with Gasteiger partial charge in [0.25, 0.3) is 5.91 Å². The van der Waals surface area contributed by atoms with Crippen LogP contribution in [0, 0.1) is 0 Å². The third-order valence-corrected chi connectivity index (χ3v) is 4.36. The number of nitrogens with zero attached hydrogens (tertiary/aromatic N) is 2. The van der Waals surface area contributed by atoms with Gasteiger partial charge in [-0.15, -0.1) is 0 Å². The Labute approximate surface area is 113 Å². The molecule has 19 heavy (non-hydrogen) atoms. The van der Waals surface area contributed by atoms with Gasteiger partial charge < -0.3 is 10.6 Å². The Hall–Kier alpha value is -1.36. The summed E-state index contributed by atoms with van der Waals surface area (Å²) < 4.78 is 1.93. The van der Waals surface area contributed by atoms with E-state index in [1.807, 2.05) is 16.9 Å². The van der Waals surface area contributed by atoms with Gasteiger partial charge >= 0.3 is 0 Å². The first-order valence-electron chi connectivity index (χ1n) is 7.25. The van der Waals surface area contributed by atoms with Crippen molar-refractivity contribution in [1.29, 1.82) is 0 Å². The van der Waals surface area contributed by atoms with Gasteiger partial charge in [0.05, 0.1) is 6.04 Å². The van der Waals surface area contributed by atoms with Crippen molar-refractivity contribution < 1.29 is 4.79 Å². The second-order valence-electron chi connectivity index (χ2n) is 6.05. The molecule has 2 fully saturated rings. The second kappa shape index (κ2) is 4.96. The average molecular weight is 262 g/mol. The van der Waals surface area contributed by atoms with Crippen molar-refractivity contribution in [3.8, 4) is 0 Å². The van der Waals surface area contributed by atoms with Crippen LogP contribution in [0.1, 0.15) is 55.6 Å². The molecule has 1 amide bonds. The summed E-state index contributed by atoms with van der Waals surface area (Å²) in [5.41, 5.74) is 0.534. The number of hydrogen-bond acceptors (Lipinski definition) is 3. The van der Waals surface area contributed by atoms with Crippen LogP contribution in [0.5, 0.6) is 0 Å². The fourth-order valence-electron chi connectivity index (χ4n) is 2.89. The first kappa shape index (κ1) is 12.7. The minimum Gasteiger partial charge on any atom is -0.345 e. The maximum atomic E-state index is 12.1. The zero-order valence-corrected chi connectivity index (χ0v) is 11.5. The maximum Gasteiger partial charge on any atom is 0.272 e. The molecule has 0 bridgehead atoms. The fourth-order valence-corrected chi connectivity index (χ4v) is 2.89. The van der Waals surface area contributed by atoms with Gasteiger partial charge in [-0.05, 0) is 51.6 Å². The van der Waals surface area contributed by atoms with Crippen molar-refractivity contribution in [1.82, 2.24) is 20.4 Å². The lowest BCUT2D eigenvalue weighted by atomic mass is 9.78. The third-order valence-electron chi connectivity index (χ3n) is 4.36. The molecule has 1 saturated carbocycles. The van der Waals surface area contributed by atoms with Crippen LogP contribution in [0.3, 0.4) is 0 Å². The molecule has 2 aliphatic rings. The number of rotatable bonds is 3. The Morgan fingerprint density at radius 2 is 2.37 bits per heavy atom. The molecule has 5 heteroatoms. The minimum absolute atomic E-state index is 0.00669. The normalized spacial score (nSPS) is 25.6. The molecule has 0 spiro atoms. The van der Waals surface area contributed by atoms with Crippen LogP contribution in [0.15, 0.2) is 12.3 Å². The van der Waals surface area contributed by atoms with Gasteiger partial charge in [0.1, 0.15) is 5.69 Å². The van der Waals surface area contributed by atoms with Crippen LogP contribution in [0.4, 0.5) is 0 Å². The predicted molar refractivity (Wildman–Crippen MR) is 73.1 cm³/mol. The van der Waals surface area contributed by atoms with E-state index in [2.05, 4.69) is 22.7 Å². The Kier molecular flexibility index (Phi) is 3.31. The van der Waals surface area contributed by atoms with Crippen molar-refractivity contribution in [2.45, 2.75) is 50.6 Å². The molecule has 2 N–H and O–H groups in total. The predicted octanol–water partition coefficient (Wildman–Crippen LogP) is 1.48. The van der Waals surface area contributed by atoms with E-state index in [9.17, 15) is 4.79 Å². The number of piperidine rings is 1. The molecule has 1 saturated heterocycles. The Morgan fingerprint density at radius 1 is 1.53 bits per heavy atom. The highest BCUT2D eigenvalue weighted by Gasteiger charge is 2.33. The zero-order chi connectivity index (χ0) is 13.3. The van der Waals surface area contributed by atoms with E-state index in [0.717, 1.165) is 32.4 Å². The lowest BCUT2D eigenvalue weighted by molar-refractivity contribution is 0.0844. The Morgan fingerprint density at radius 3 is 3.00 bits per heavy atom. The van der Waals surface area contributed by atoms with Crippen LogP contribution in [-0.4, -0.2) is 34.3 Å². The van der Waals surface area contributed by atoms with Crippen molar-refractivity contribution in [3.05, 3.63) is 18.0 Å². The molecule has 1 aromatic rings. The number of amides is 1. The van der Waals surface area contributed by atoms with E-state index in [0.29, 0.717) is 11.7 Å². The quantitative estimate of drug-likeness (QED) is 0.867. The highest BCUT2D eigenvalue weighted by molar-refractivity contribution is 5.92. The maximum absolute atomic E-state index is 12.1. The monoisotopic (exact) mass is 262 g/mol. The molecule has 1 aliphatic carbocycles. The fraction of sp³-hybridized carbons (Fsp3) is 0.714. The Balaban J connectivity index is 1.65. The molecule has 1 atom stereocenters. The second-order valence-corrected chi connectivity index (χ2v) is 6.05. The van der Waals surface area contributed by atoms with Gasteiger partial charge in [0, 0.05) is 18.3 Å². The molecular formula is C14H22N4O. The lowest BCUT2D eigenvalue weighted by Crippen LogP contribution is -2.51. The van der Waals surface area contributed by atoms with Crippen LogP contribution in [0.2, 0.25) is 0 Å². The van der Waals surface area contributed by atoms with E-state index < -0.39 is 0 Å². The molecule has 2 heterocycles. The largest absolute Gasteiger partial charge is 0.345 e. The smallest absolute Gasteiger partial charge is 0.272 e. The molecule has 1 aromatic heterocycles. The summed E-state index contributed by atoms with van der Waals surface area (Å²) >= 11 is 0. The van der Waals surface area contributed by atoms with Gasteiger partial charge in [-0.2, -0.15) is 5.10 Å². The molecular weight excluding hydrogens is 240 g/mol. The van der Waals surface area contributed by atoms with Gasteiger partial charge in [-0.1, -0.05) is 0 Å². The average Bonchev–Trinajstić information content (AvgIpc) is 2.87. The minimum atomic E-state index is -0.0373. The highest BCUT2D eigenvalue weighted by Crippen LogP contribution is 2.31. The first-order chi connectivity index (χ1) is 9.16. The molecule has 0 aromatic carbocycles. The van der Waals surface area contributed by atoms with Crippen LogP contribution < -0.4 is 10.6 Å². The summed E-state index contributed by atoms with van der Waals surface area (Å²) in [6.45, 7) is 4.14. The topological polar surface area (TPSA) is 59.0 Å². The molecule has 104 valence electrons. The van der Waals surface area contributed by atoms with E-state index in [4.69, 9.17) is 0 Å². The number of carbonyl (C=O) groups excluding carboxylic acids is 1. The van der Waals surface area contributed by atoms with E-state index in [1.165, 1.54) is 12.8 Å². The van der Waals surface area contributed by atoms with Crippen molar-refractivity contribution in [2.24, 2.45) is 0 Å². The standard InChI is InChI=1S/C14H22N4O/c1-14(6-3-7-14)16-13(19)12-5-9-18(17-12)11-4-2-8-15-10-11/h5,9,11,15H,2-4,6-8,10H2,1H3,(H,16,19). The number of carbonyl (C=O) groups is 1. The van der Waals surface area contributed by atoms with Crippen molar-refractivity contribution in [3.63, 3.8) is 0 Å². The molecule has 1 aliphatic heterocycles. The number of nitrogens with one attached hydrogen (secondary N) is 2. The lowest BCUT2D eigenvalue weighted by Gasteiger charge is -2.38. The molecule has 1 unspecified atom stereocenters.